The predicted octanol–water partition coefficient (Wildman–Crippen LogP) is 2.94. The molecule has 0 unspecified atom stereocenters. The van der Waals surface area contributed by atoms with E-state index in [-0.39, 0.29) is 11.3 Å². The van der Waals surface area contributed by atoms with E-state index in [0.29, 0.717) is 43.2 Å². The fraction of sp³-hybridized carbons (Fsp3) is 0.286. The second-order valence-electron chi connectivity index (χ2n) is 7.50. The van der Waals surface area contributed by atoms with Crippen molar-refractivity contribution in [3.63, 3.8) is 0 Å². The third-order valence-electron chi connectivity index (χ3n) is 5.01. The molecule has 3 heterocycles. The maximum Gasteiger partial charge on any atom is 0.245 e. The number of nitrogens with zero attached hydrogens (tertiary/aromatic N) is 3. The molecule has 1 amide bonds. The van der Waals surface area contributed by atoms with Crippen molar-refractivity contribution >= 4 is 12.1 Å². The highest BCUT2D eigenvalue weighted by atomic mass is 19.1. The molecule has 0 saturated carbocycles. The molecule has 2 aliphatic heterocycles. The number of phenolic OH excluding ortho intramolecular Hbond substituents is 1. The Hall–Kier alpha value is -3.22. The number of aromatic hydroxyl groups is 1. The van der Waals surface area contributed by atoms with Gasteiger partial charge in [-0.25, -0.2) is 9.37 Å². The number of hydrogen-bond donors (Lipinski definition) is 1. The third kappa shape index (κ3) is 3.24. The van der Waals surface area contributed by atoms with E-state index < -0.39 is 11.6 Å². The van der Waals surface area contributed by atoms with Gasteiger partial charge in [-0.2, -0.15) is 0 Å². The average Bonchev–Trinajstić information content (AvgIpc) is 3.14. The fourth-order valence-corrected chi connectivity index (χ4v) is 3.50. The highest BCUT2D eigenvalue weighted by molar-refractivity contribution is 5.88. The molecule has 0 radical (unpaired) electrons. The number of benzene rings is 1. The number of fused-ring (bicyclic) bond motifs is 1. The van der Waals surface area contributed by atoms with E-state index in [0.717, 1.165) is 11.3 Å². The van der Waals surface area contributed by atoms with Crippen LogP contribution in [0.3, 0.4) is 0 Å². The van der Waals surface area contributed by atoms with Gasteiger partial charge in [-0.15, -0.1) is 0 Å². The summed E-state index contributed by atoms with van der Waals surface area (Å²) in [6, 6.07) is 5.92. The Morgan fingerprint density at radius 2 is 2.21 bits per heavy atom. The zero-order valence-corrected chi connectivity index (χ0v) is 15.5. The van der Waals surface area contributed by atoms with Crippen molar-refractivity contribution in [2.24, 2.45) is 10.4 Å². The van der Waals surface area contributed by atoms with Crippen LogP contribution in [0.25, 0.3) is 11.3 Å². The second-order valence-corrected chi connectivity index (χ2v) is 7.50. The van der Waals surface area contributed by atoms with E-state index >= 15 is 0 Å². The molecule has 0 aliphatic carbocycles. The van der Waals surface area contributed by atoms with Gasteiger partial charge in [0.2, 0.25) is 5.91 Å². The summed E-state index contributed by atoms with van der Waals surface area (Å²) < 4.78 is 19.9. The third-order valence-corrected chi connectivity index (χ3v) is 5.01. The summed E-state index contributed by atoms with van der Waals surface area (Å²) in [7, 11) is 0. The number of aliphatic imine (C=N–C) groups is 1. The quantitative estimate of drug-likeness (QED) is 0.808. The maximum absolute atomic E-state index is 13.8. The first kappa shape index (κ1) is 18.2. The normalized spacial score (nSPS) is 16.4. The van der Waals surface area contributed by atoms with Crippen LogP contribution in [0.4, 0.5) is 4.39 Å². The molecular weight excluding hydrogens is 361 g/mol. The van der Waals surface area contributed by atoms with Crippen LogP contribution in [0, 0.1) is 11.2 Å². The number of carbonyl (C=O) groups excluding carboxylic acids is 1. The van der Waals surface area contributed by atoms with Gasteiger partial charge in [0.15, 0.2) is 11.6 Å². The topological polar surface area (TPSA) is 75.0 Å². The molecule has 1 aromatic carbocycles. The van der Waals surface area contributed by atoms with Crippen molar-refractivity contribution in [3.8, 4) is 22.8 Å². The summed E-state index contributed by atoms with van der Waals surface area (Å²) in [5, 5.41) is 9.41. The number of aromatic nitrogens is 1. The van der Waals surface area contributed by atoms with E-state index in [9.17, 15) is 14.3 Å². The van der Waals surface area contributed by atoms with E-state index in [4.69, 9.17) is 4.74 Å². The highest BCUT2D eigenvalue weighted by Gasteiger charge is 2.41. The van der Waals surface area contributed by atoms with Gasteiger partial charge in [0, 0.05) is 36.3 Å². The summed E-state index contributed by atoms with van der Waals surface area (Å²) >= 11 is 0. The van der Waals surface area contributed by atoms with E-state index in [2.05, 4.69) is 23.5 Å². The van der Waals surface area contributed by atoms with Crippen LogP contribution in [0.2, 0.25) is 0 Å². The molecule has 144 valence electrons. The number of ether oxygens (including phenoxy) is 1. The van der Waals surface area contributed by atoms with Crippen molar-refractivity contribution in [1.82, 2.24) is 9.88 Å². The van der Waals surface area contributed by atoms with E-state index in [1.54, 1.807) is 23.2 Å². The van der Waals surface area contributed by atoms with Gasteiger partial charge >= 0.3 is 0 Å². The van der Waals surface area contributed by atoms with Crippen molar-refractivity contribution < 1.29 is 19.0 Å². The van der Waals surface area contributed by atoms with Gasteiger partial charge in [0.05, 0.1) is 30.1 Å². The van der Waals surface area contributed by atoms with Gasteiger partial charge in [0.1, 0.15) is 5.75 Å². The van der Waals surface area contributed by atoms with Gasteiger partial charge in [0.25, 0.3) is 0 Å². The first-order chi connectivity index (χ1) is 13.4. The fourth-order valence-electron chi connectivity index (χ4n) is 3.50. The summed E-state index contributed by atoms with van der Waals surface area (Å²) in [6.07, 6.45) is 3.05. The second kappa shape index (κ2) is 6.74. The molecule has 6 nitrogen and oxygen atoms in total. The summed E-state index contributed by atoms with van der Waals surface area (Å²) in [5.41, 5.74) is 2.55. The minimum atomic E-state index is -0.701. The van der Waals surface area contributed by atoms with Crippen LogP contribution in [0.5, 0.6) is 11.5 Å². The van der Waals surface area contributed by atoms with Crippen LogP contribution in [-0.2, 0) is 11.3 Å². The summed E-state index contributed by atoms with van der Waals surface area (Å²) in [5.74, 6) is -0.552. The molecule has 2 aromatic rings. The van der Waals surface area contributed by atoms with Crippen LogP contribution in [0.1, 0.15) is 18.2 Å². The highest BCUT2D eigenvalue weighted by Crippen LogP contribution is 2.35. The lowest BCUT2D eigenvalue weighted by Gasteiger charge is -2.47. The number of hydrogen-bond acceptors (Lipinski definition) is 5. The lowest BCUT2D eigenvalue weighted by molar-refractivity contribution is -0.138. The Balaban J connectivity index is 1.56. The minimum Gasteiger partial charge on any atom is -0.505 e. The SMILES string of the molecule is C=CC(=O)N1CC(C)(COc2cc(-c3ccc(O)c(F)c3)nc3c2C=NC3)C1. The smallest absolute Gasteiger partial charge is 0.245 e. The summed E-state index contributed by atoms with van der Waals surface area (Å²) in [6.45, 7) is 7.66. The molecule has 1 fully saturated rings. The Morgan fingerprint density at radius 1 is 1.43 bits per heavy atom. The molecule has 0 atom stereocenters. The van der Waals surface area contributed by atoms with Crippen molar-refractivity contribution in [2.75, 3.05) is 19.7 Å². The van der Waals surface area contributed by atoms with Crippen LogP contribution >= 0.6 is 0 Å². The number of likely N-dealkylation sites (tertiary alicyclic amines) is 1. The summed E-state index contributed by atoms with van der Waals surface area (Å²) in [4.78, 5) is 22.2. The first-order valence-electron chi connectivity index (χ1n) is 8.95. The molecule has 1 aromatic heterocycles. The molecule has 1 N–H and O–H groups in total. The number of amides is 1. The molecule has 0 bridgehead atoms. The number of pyridine rings is 1. The van der Waals surface area contributed by atoms with Crippen molar-refractivity contribution in [3.05, 3.63) is 54.0 Å². The van der Waals surface area contributed by atoms with Crippen molar-refractivity contribution in [1.29, 1.82) is 0 Å². The molecule has 0 spiro atoms. The van der Waals surface area contributed by atoms with Gasteiger partial charge < -0.3 is 14.7 Å². The Morgan fingerprint density at radius 3 is 2.93 bits per heavy atom. The van der Waals surface area contributed by atoms with Gasteiger partial charge in [-0.05, 0) is 24.3 Å². The number of carbonyl (C=O) groups is 1. The monoisotopic (exact) mass is 381 g/mol. The van der Waals surface area contributed by atoms with Gasteiger partial charge in [-0.1, -0.05) is 13.5 Å². The van der Waals surface area contributed by atoms with Gasteiger partial charge in [-0.3, -0.25) is 9.79 Å². The molecule has 28 heavy (non-hydrogen) atoms. The van der Waals surface area contributed by atoms with Crippen LogP contribution < -0.4 is 4.74 Å². The molecule has 7 heteroatoms. The first-order valence-corrected chi connectivity index (χ1v) is 8.95. The molecule has 2 aliphatic rings. The number of halogens is 1. The minimum absolute atomic E-state index is 0.0777. The molecular formula is C21H20FN3O3. The van der Waals surface area contributed by atoms with Crippen LogP contribution in [0.15, 0.2) is 41.9 Å². The zero-order valence-electron chi connectivity index (χ0n) is 15.5. The molecule has 4 rings (SSSR count). The lowest BCUT2D eigenvalue weighted by atomic mass is 9.83. The average molecular weight is 381 g/mol. The van der Waals surface area contributed by atoms with E-state index in [1.165, 1.54) is 18.2 Å². The molecule has 1 saturated heterocycles. The maximum atomic E-state index is 13.8. The van der Waals surface area contributed by atoms with Crippen molar-refractivity contribution in [2.45, 2.75) is 13.5 Å². The predicted molar refractivity (Wildman–Crippen MR) is 103 cm³/mol. The number of rotatable bonds is 5. The van der Waals surface area contributed by atoms with Crippen LogP contribution in [-0.4, -0.2) is 46.8 Å². The standard InChI is InChI=1S/C21H20FN3O3/c1-3-20(27)25-10-21(2,11-25)12-28-19-7-16(24-17-9-23-8-14(17)19)13-4-5-18(26)15(22)6-13/h3-8,26H,1,9-12H2,2H3. The number of phenols is 1. The Bertz CT molecular complexity index is 997. The van der Waals surface area contributed by atoms with E-state index in [1.807, 2.05) is 0 Å². The Kier molecular flexibility index (Phi) is 4.37. The lowest BCUT2D eigenvalue weighted by Crippen LogP contribution is -2.59. The largest absolute Gasteiger partial charge is 0.505 e. The zero-order chi connectivity index (χ0) is 19.9. The Labute approximate surface area is 162 Å².